The van der Waals surface area contributed by atoms with E-state index in [9.17, 15) is 4.79 Å². The van der Waals surface area contributed by atoms with Gasteiger partial charge in [-0.15, -0.1) is 0 Å². The molecule has 82 valence electrons. The van der Waals surface area contributed by atoms with Gasteiger partial charge in [0.05, 0.1) is 17.9 Å². The van der Waals surface area contributed by atoms with Crippen molar-refractivity contribution in [1.29, 1.82) is 0 Å². The first-order valence-electron chi connectivity index (χ1n) is 4.73. The van der Waals surface area contributed by atoms with Gasteiger partial charge in [-0.25, -0.2) is 4.68 Å². The van der Waals surface area contributed by atoms with E-state index in [0.29, 0.717) is 6.54 Å². The summed E-state index contributed by atoms with van der Waals surface area (Å²) in [6.45, 7) is 0.329. The van der Waals surface area contributed by atoms with E-state index in [1.165, 1.54) is 10.7 Å². The zero-order valence-corrected chi connectivity index (χ0v) is 8.50. The normalized spacial score (nSPS) is 10.1. The van der Waals surface area contributed by atoms with Crippen molar-refractivity contribution in [3.63, 3.8) is 0 Å². The molecular formula is C10H11N5O. The van der Waals surface area contributed by atoms with E-state index < -0.39 is 0 Å². The summed E-state index contributed by atoms with van der Waals surface area (Å²) in [5.41, 5.74) is 3.83. The molecule has 0 bridgehead atoms. The van der Waals surface area contributed by atoms with Gasteiger partial charge in [0.1, 0.15) is 0 Å². The van der Waals surface area contributed by atoms with Crippen molar-refractivity contribution in [2.45, 2.75) is 6.54 Å². The molecule has 0 atom stereocenters. The molecule has 0 aliphatic heterocycles. The molecule has 3 N–H and O–H groups in total. The van der Waals surface area contributed by atoms with Crippen LogP contribution in [0.15, 0.2) is 41.5 Å². The lowest BCUT2D eigenvalue weighted by molar-refractivity contribution is 0.628. The second-order valence-electron chi connectivity index (χ2n) is 3.20. The fraction of sp³-hybridized carbons (Fsp3) is 0.100. The minimum atomic E-state index is -0.157. The fourth-order valence-electron chi connectivity index (χ4n) is 1.31. The molecule has 2 aromatic rings. The summed E-state index contributed by atoms with van der Waals surface area (Å²) in [5.74, 6) is 5.28. The van der Waals surface area contributed by atoms with Gasteiger partial charge in [0.15, 0.2) is 0 Å². The Bertz CT molecular complexity index is 536. The Morgan fingerprint density at radius 1 is 1.38 bits per heavy atom. The van der Waals surface area contributed by atoms with E-state index in [1.54, 1.807) is 30.6 Å². The Kier molecular flexibility index (Phi) is 2.93. The average molecular weight is 217 g/mol. The van der Waals surface area contributed by atoms with Gasteiger partial charge >= 0.3 is 0 Å². The van der Waals surface area contributed by atoms with Gasteiger partial charge in [0, 0.05) is 18.5 Å². The maximum Gasteiger partial charge on any atom is 0.267 e. The highest BCUT2D eigenvalue weighted by molar-refractivity contribution is 5.41. The van der Waals surface area contributed by atoms with Gasteiger partial charge in [-0.3, -0.25) is 15.6 Å². The first-order chi connectivity index (χ1) is 7.79. The standard InChI is InChI=1S/C10H11N5O/c11-14-8-3-5-12-9(6-8)7-15-10(16)2-1-4-13-15/h1-6H,7,11H2,(H,12,14). The van der Waals surface area contributed by atoms with Crippen molar-refractivity contribution in [2.75, 3.05) is 5.43 Å². The molecule has 0 saturated carbocycles. The molecule has 0 fully saturated rings. The lowest BCUT2D eigenvalue weighted by Crippen LogP contribution is -2.22. The highest BCUT2D eigenvalue weighted by Gasteiger charge is 2.00. The lowest BCUT2D eigenvalue weighted by Gasteiger charge is -2.04. The third-order valence-electron chi connectivity index (χ3n) is 2.08. The molecule has 6 nitrogen and oxygen atoms in total. The maximum absolute atomic E-state index is 11.4. The first kappa shape index (κ1) is 10.3. The molecule has 0 unspecified atom stereocenters. The highest BCUT2D eigenvalue weighted by Crippen LogP contribution is 2.06. The second-order valence-corrected chi connectivity index (χ2v) is 3.20. The summed E-state index contributed by atoms with van der Waals surface area (Å²) in [4.78, 5) is 15.5. The number of rotatable bonds is 3. The Morgan fingerprint density at radius 3 is 3.00 bits per heavy atom. The quantitative estimate of drug-likeness (QED) is 0.557. The summed E-state index contributed by atoms with van der Waals surface area (Å²) in [6, 6.07) is 6.56. The molecule has 0 aromatic carbocycles. The lowest BCUT2D eigenvalue weighted by atomic mass is 10.3. The molecule has 2 rings (SSSR count). The largest absolute Gasteiger partial charge is 0.324 e. The Hall–Kier alpha value is -2.21. The van der Waals surface area contributed by atoms with E-state index in [2.05, 4.69) is 15.5 Å². The monoisotopic (exact) mass is 217 g/mol. The van der Waals surface area contributed by atoms with Crippen molar-refractivity contribution in [3.8, 4) is 0 Å². The molecule has 2 heterocycles. The number of anilines is 1. The van der Waals surface area contributed by atoms with Crippen LogP contribution in [0.1, 0.15) is 5.69 Å². The minimum absolute atomic E-state index is 0.157. The second kappa shape index (κ2) is 4.54. The summed E-state index contributed by atoms with van der Waals surface area (Å²) < 4.78 is 1.34. The highest BCUT2D eigenvalue weighted by atomic mass is 16.1. The number of aromatic nitrogens is 3. The number of nitrogens with zero attached hydrogens (tertiary/aromatic N) is 3. The number of hydrazine groups is 1. The van der Waals surface area contributed by atoms with Crippen LogP contribution in [0.2, 0.25) is 0 Å². The maximum atomic E-state index is 11.4. The zero-order valence-electron chi connectivity index (χ0n) is 8.50. The Morgan fingerprint density at radius 2 is 2.25 bits per heavy atom. The van der Waals surface area contributed by atoms with E-state index in [0.717, 1.165) is 11.4 Å². The van der Waals surface area contributed by atoms with E-state index >= 15 is 0 Å². The molecule has 0 saturated heterocycles. The number of hydrogen-bond acceptors (Lipinski definition) is 5. The van der Waals surface area contributed by atoms with Crippen LogP contribution in [0.3, 0.4) is 0 Å². The van der Waals surface area contributed by atoms with Crippen LogP contribution in [-0.2, 0) is 6.54 Å². The summed E-state index contributed by atoms with van der Waals surface area (Å²) >= 11 is 0. The molecule has 0 aliphatic carbocycles. The summed E-state index contributed by atoms with van der Waals surface area (Å²) in [7, 11) is 0. The summed E-state index contributed by atoms with van der Waals surface area (Å²) in [5, 5.41) is 3.94. The number of nitrogens with two attached hydrogens (primary N) is 1. The van der Waals surface area contributed by atoms with Crippen molar-refractivity contribution in [3.05, 3.63) is 52.7 Å². The van der Waals surface area contributed by atoms with Crippen LogP contribution in [0.25, 0.3) is 0 Å². The third kappa shape index (κ3) is 2.23. The molecule has 0 spiro atoms. The smallest absolute Gasteiger partial charge is 0.267 e. The van der Waals surface area contributed by atoms with Crippen LogP contribution in [0.5, 0.6) is 0 Å². The molecule has 16 heavy (non-hydrogen) atoms. The van der Waals surface area contributed by atoms with Crippen LogP contribution < -0.4 is 16.8 Å². The Labute approximate surface area is 91.7 Å². The van der Waals surface area contributed by atoms with Gasteiger partial charge in [0.2, 0.25) is 0 Å². The predicted molar refractivity (Wildman–Crippen MR) is 59.6 cm³/mol. The molecule has 0 radical (unpaired) electrons. The molecular weight excluding hydrogens is 206 g/mol. The van der Waals surface area contributed by atoms with Gasteiger partial charge in [0.25, 0.3) is 5.56 Å². The molecule has 0 amide bonds. The SMILES string of the molecule is NNc1ccnc(Cn2ncccc2=O)c1. The average Bonchev–Trinajstić information content (AvgIpc) is 2.32. The van der Waals surface area contributed by atoms with Gasteiger partial charge in [-0.1, -0.05) is 0 Å². The van der Waals surface area contributed by atoms with Gasteiger partial charge in [-0.2, -0.15) is 5.10 Å². The van der Waals surface area contributed by atoms with Gasteiger partial charge < -0.3 is 5.43 Å². The van der Waals surface area contributed by atoms with Crippen LogP contribution in [-0.4, -0.2) is 14.8 Å². The van der Waals surface area contributed by atoms with E-state index in [4.69, 9.17) is 5.84 Å². The van der Waals surface area contributed by atoms with Crippen molar-refractivity contribution in [2.24, 2.45) is 5.84 Å². The summed E-state index contributed by atoms with van der Waals surface area (Å²) in [6.07, 6.45) is 3.19. The van der Waals surface area contributed by atoms with Gasteiger partial charge in [-0.05, 0) is 18.2 Å². The third-order valence-corrected chi connectivity index (χ3v) is 2.08. The number of pyridine rings is 1. The molecule has 6 heteroatoms. The topological polar surface area (TPSA) is 85.8 Å². The number of nitrogen functional groups attached to an aromatic ring is 1. The minimum Gasteiger partial charge on any atom is -0.324 e. The first-order valence-corrected chi connectivity index (χ1v) is 4.73. The van der Waals surface area contributed by atoms with Crippen molar-refractivity contribution >= 4 is 5.69 Å². The zero-order chi connectivity index (χ0) is 11.4. The molecule has 2 aromatic heterocycles. The van der Waals surface area contributed by atoms with Crippen LogP contribution in [0.4, 0.5) is 5.69 Å². The molecule has 0 aliphatic rings. The van der Waals surface area contributed by atoms with Crippen LogP contribution in [0, 0.1) is 0 Å². The number of nitrogens with one attached hydrogen (secondary N) is 1. The van der Waals surface area contributed by atoms with Crippen molar-refractivity contribution < 1.29 is 0 Å². The fourth-order valence-corrected chi connectivity index (χ4v) is 1.31. The van der Waals surface area contributed by atoms with E-state index in [-0.39, 0.29) is 5.56 Å². The van der Waals surface area contributed by atoms with Crippen LogP contribution >= 0.6 is 0 Å². The Balaban J connectivity index is 2.27. The number of hydrogen-bond donors (Lipinski definition) is 2. The predicted octanol–water partition coefficient (Wildman–Crippen LogP) is -0.0278. The van der Waals surface area contributed by atoms with Crippen molar-refractivity contribution in [1.82, 2.24) is 14.8 Å². The van der Waals surface area contributed by atoms with E-state index in [1.807, 2.05) is 0 Å².